The van der Waals surface area contributed by atoms with Crippen molar-refractivity contribution in [2.24, 2.45) is 0 Å². The second-order valence-corrected chi connectivity index (χ2v) is 4.98. The van der Waals surface area contributed by atoms with Gasteiger partial charge < -0.3 is 10.1 Å². The van der Waals surface area contributed by atoms with Crippen molar-refractivity contribution >= 4 is 23.5 Å². The molecule has 0 amide bonds. The summed E-state index contributed by atoms with van der Waals surface area (Å²) in [5, 5.41) is 3.91. The molecule has 0 spiro atoms. The monoisotopic (exact) mass is 283 g/mol. The SMILES string of the molecule is CCCc1nc(NC)c(C)c(SCC(=O)OCC)n1. The van der Waals surface area contributed by atoms with Gasteiger partial charge in [-0.25, -0.2) is 9.97 Å². The van der Waals surface area contributed by atoms with Gasteiger partial charge in [-0.2, -0.15) is 0 Å². The lowest BCUT2D eigenvalue weighted by atomic mass is 10.3. The average molecular weight is 283 g/mol. The Morgan fingerprint density at radius 1 is 1.37 bits per heavy atom. The van der Waals surface area contributed by atoms with Gasteiger partial charge in [-0.15, -0.1) is 0 Å². The van der Waals surface area contributed by atoms with E-state index in [4.69, 9.17) is 4.74 Å². The molecule has 0 saturated carbocycles. The van der Waals surface area contributed by atoms with Gasteiger partial charge in [0.2, 0.25) is 0 Å². The number of carbonyl (C=O) groups is 1. The number of anilines is 1. The standard InChI is InChI=1S/C13H21N3O2S/c1-5-7-10-15-12(14-4)9(3)13(16-10)19-8-11(17)18-6-2/h5-8H2,1-4H3,(H,14,15,16). The Labute approximate surface area is 118 Å². The predicted molar refractivity (Wildman–Crippen MR) is 77.7 cm³/mol. The molecular formula is C13H21N3O2S. The van der Waals surface area contributed by atoms with Crippen molar-refractivity contribution in [3.63, 3.8) is 0 Å². The normalized spacial score (nSPS) is 10.3. The fourth-order valence-electron chi connectivity index (χ4n) is 1.59. The summed E-state index contributed by atoms with van der Waals surface area (Å²) < 4.78 is 4.92. The van der Waals surface area contributed by atoms with Crippen molar-refractivity contribution < 1.29 is 9.53 Å². The third-order valence-corrected chi connectivity index (χ3v) is 3.54. The average Bonchev–Trinajstić information content (AvgIpc) is 2.39. The van der Waals surface area contributed by atoms with Crippen LogP contribution in [0.2, 0.25) is 0 Å². The molecule has 5 nitrogen and oxygen atoms in total. The summed E-state index contributed by atoms with van der Waals surface area (Å²) in [7, 11) is 1.84. The maximum absolute atomic E-state index is 11.4. The largest absolute Gasteiger partial charge is 0.465 e. The lowest BCUT2D eigenvalue weighted by Crippen LogP contribution is -2.09. The van der Waals surface area contributed by atoms with Crippen LogP contribution in [0.15, 0.2) is 5.03 Å². The first-order valence-corrected chi connectivity index (χ1v) is 7.44. The molecule has 1 heterocycles. The molecule has 19 heavy (non-hydrogen) atoms. The van der Waals surface area contributed by atoms with Crippen molar-refractivity contribution in [2.45, 2.75) is 38.6 Å². The molecule has 0 aromatic carbocycles. The summed E-state index contributed by atoms with van der Waals surface area (Å²) in [5.74, 6) is 1.70. The van der Waals surface area contributed by atoms with E-state index >= 15 is 0 Å². The Balaban J connectivity index is 2.85. The molecule has 0 atom stereocenters. The Kier molecular flexibility index (Phi) is 6.62. The quantitative estimate of drug-likeness (QED) is 0.471. The second kappa shape index (κ2) is 7.99. The molecule has 0 saturated heterocycles. The molecule has 0 bridgehead atoms. The van der Waals surface area contributed by atoms with Gasteiger partial charge in [0.05, 0.1) is 12.4 Å². The predicted octanol–water partition coefficient (Wildman–Crippen LogP) is 2.43. The molecule has 0 aliphatic carbocycles. The Morgan fingerprint density at radius 2 is 2.11 bits per heavy atom. The van der Waals surface area contributed by atoms with E-state index in [-0.39, 0.29) is 11.7 Å². The number of ether oxygens (including phenoxy) is 1. The zero-order valence-electron chi connectivity index (χ0n) is 11.9. The van der Waals surface area contributed by atoms with Crippen molar-refractivity contribution in [1.82, 2.24) is 9.97 Å². The Morgan fingerprint density at radius 3 is 2.68 bits per heavy atom. The molecule has 106 valence electrons. The van der Waals surface area contributed by atoms with E-state index in [0.717, 1.165) is 35.1 Å². The maximum atomic E-state index is 11.4. The number of nitrogens with zero attached hydrogens (tertiary/aromatic N) is 2. The van der Waals surface area contributed by atoms with Crippen LogP contribution in [0, 0.1) is 6.92 Å². The lowest BCUT2D eigenvalue weighted by molar-refractivity contribution is -0.139. The summed E-state index contributed by atoms with van der Waals surface area (Å²) in [6.45, 7) is 6.25. The smallest absolute Gasteiger partial charge is 0.316 e. The van der Waals surface area contributed by atoms with Crippen LogP contribution in [0.25, 0.3) is 0 Å². The number of rotatable bonds is 7. The minimum absolute atomic E-state index is 0.214. The van der Waals surface area contributed by atoms with Crippen molar-refractivity contribution in [3.05, 3.63) is 11.4 Å². The van der Waals surface area contributed by atoms with E-state index in [2.05, 4.69) is 22.2 Å². The number of hydrogen-bond donors (Lipinski definition) is 1. The van der Waals surface area contributed by atoms with Crippen molar-refractivity contribution in [3.8, 4) is 0 Å². The van der Waals surface area contributed by atoms with Gasteiger partial charge in [-0.1, -0.05) is 18.7 Å². The molecule has 1 N–H and O–H groups in total. The molecule has 0 unspecified atom stereocenters. The molecule has 0 fully saturated rings. The fraction of sp³-hybridized carbons (Fsp3) is 0.615. The zero-order valence-corrected chi connectivity index (χ0v) is 12.8. The summed E-state index contributed by atoms with van der Waals surface area (Å²) in [6.07, 6.45) is 1.83. The number of hydrogen-bond acceptors (Lipinski definition) is 6. The molecular weight excluding hydrogens is 262 g/mol. The van der Waals surface area contributed by atoms with Crippen LogP contribution in [0.3, 0.4) is 0 Å². The summed E-state index contributed by atoms with van der Waals surface area (Å²) in [5.41, 5.74) is 0.969. The Bertz CT molecular complexity index is 438. The van der Waals surface area contributed by atoms with Crippen LogP contribution in [-0.2, 0) is 16.0 Å². The van der Waals surface area contributed by atoms with Crippen LogP contribution >= 0.6 is 11.8 Å². The highest BCUT2D eigenvalue weighted by Crippen LogP contribution is 2.25. The highest BCUT2D eigenvalue weighted by Gasteiger charge is 2.12. The molecule has 0 aliphatic heterocycles. The molecule has 0 aliphatic rings. The third-order valence-electron chi connectivity index (χ3n) is 2.49. The van der Waals surface area contributed by atoms with Crippen LogP contribution in [-0.4, -0.2) is 35.3 Å². The first-order valence-electron chi connectivity index (χ1n) is 6.46. The van der Waals surface area contributed by atoms with E-state index in [0.29, 0.717) is 6.61 Å². The molecule has 6 heteroatoms. The molecule has 0 radical (unpaired) electrons. The van der Waals surface area contributed by atoms with Crippen LogP contribution in [0.4, 0.5) is 5.82 Å². The fourth-order valence-corrected chi connectivity index (χ4v) is 2.41. The first kappa shape index (κ1) is 15.8. The molecule has 1 aromatic heterocycles. The van der Waals surface area contributed by atoms with Crippen LogP contribution in [0.5, 0.6) is 0 Å². The highest BCUT2D eigenvalue weighted by atomic mass is 32.2. The highest BCUT2D eigenvalue weighted by molar-refractivity contribution is 7.99. The van der Waals surface area contributed by atoms with E-state index in [1.807, 2.05) is 14.0 Å². The van der Waals surface area contributed by atoms with E-state index in [1.165, 1.54) is 11.8 Å². The van der Waals surface area contributed by atoms with Gasteiger partial charge in [0.25, 0.3) is 0 Å². The van der Waals surface area contributed by atoms with Gasteiger partial charge in [0, 0.05) is 19.0 Å². The minimum atomic E-state index is -0.214. The van der Waals surface area contributed by atoms with Crippen molar-refractivity contribution in [1.29, 1.82) is 0 Å². The lowest BCUT2D eigenvalue weighted by Gasteiger charge is -2.11. The third kappa shape index (κ3) is 4.70. The summed E-state index contributed by atoms with van der Waals surface area (Å²) in [6, 6.07) is 0. The molecule has 1 aromatic rings. The topological polar surface area (TPSA) is 64.1 Å². The minimum Gasteiger partial charge on any atom is -0.465 e. The first-order chi connectivity index (χ1) is 9.12. The van der Waals surface area contributed by atoms with Gasteiger partial charge in [0.1, 0.15) is 16.7 Å². The maximum Gasteiger partial charge on any atom is 0.316 e. The number of thioether (sulfide) groups is 1. The summed E-state index contributed by atoms with van der Waals surface area (Å²) >= 11 is 1.40. The second-order valence-electron chi connectivity index (χ2n) is 4.01. The van der Waals surface area contributed by atoms with Crippen LogP contribution in [0.1, 0.15) is 31.7 Å². The number of esters is 1. The number of carbonyl (C=O) groups excluding carboxylic acids is 1. The van der Waals surface area contributed by atoms with Crippen molar-refractivity contribution in [2.75, 3.05) is 24.7 Å². The van der Waals surface area contributed by atoms with Gasteiger partial charge in [0.15, 0.2) is 0 Å². The van der Waals surface area contributed by atoms with E-state index in [1.54, 1.807) is 6.92 Å². The van der Waals surface area contributed by atoms with Gasteiger partial charge >= 0.3 is 5.97 Å². The number of aromatic nitrogens is 2. The summed E-state index contributed by atoms with van der Waals surface area (Å²) in [4.78, 5) is 20.4. The van der Waals surface area contributed by atoms with Gasteiger partial charge in [-0.3, -0.25) is 4.79 Å². The van der Waals surface area contributed by atoms with E-state index in [9.17, 15) is 4.79 Å². The number of nitrogens with one attached hydrogen (secondary N) is 1. The van der Waals surface area contributed by atoms with Gasteiger partial charge in [-0.05, 0) is 20.3 Å². The Hall–Kier alpha value is -1.30. The zero-order chi connectivity index (χ0) is 14.3. The van der Waals surface area contributed by atoms with Crippen LogP contribution < -0.4 is 5.32 Å². The number of aryl methyl sites for hydroxylation is 1. The van der Waals surface area contributed by atoms with E-state index < -0.39 is 0 Å². The molecule has 1 rings (SSSR count).